The number of nitrogens with zero attached hydrogens (tertiary/aromatic N) is 3. The van der Waals surface area contributed by atoms with Crippen molar-refractivity contribution in [1.29, 1.82) is 0 Å². The van der Waals surface area contributed by atoms with E-state index in [0.29, 0.717) is 11.1 Å². The van der Waals surface area contributed by atoms with Crippen LogP contribution in [0.5, 0.6) is 0 Å². The van der Waals surface area contributed by atoms with Crippen molar-refractivity contribution in [2.24, 2.45) is 11.8 Å². The molecule has 0 aliphatic carbocycles. The summed E-state index contributed by atoms with van der Waals surface area (Å²) in [5.41, 5.74) is 8.09. The van der Waals surface area contributed by atoms with Crippen LogP contribution in [0.1, 0.15) is 44.4 Å². The largest absolute Gasteiger partial charge is 0.397 e. The number of benzene rings is 3. The van der Waals surface area contributed by atoms with E-state index in [4.69, 9.17) is 17.3 Å². The number of sulfonamides is 1. The number of halogens is 1. The Morgan fingerprint density at radius 2 is 1.62 bits per heavy atom. The Balaban J connectivity index is 1.60. The van der Waals surface area contributed by atoms with Crippen LogP contribution in [0.4, 0.5) is 10.5 Å². The first-order valence-electron chi connectivity index (χ1n) is 16.5. The van der Waals surface area contributed by atoms with E-state index in [1.165, 1.54) is 27.4 Å². The molecule has 270 valence electrons. The van der Waals surface area contributed by atoms with Gasteiger partial charge in [0.1, 0.15) is 12.6 Å². The second-order valence-corrected chi connectivity index (χ2v) is 15.7. The number of hydrogen-bond donors (Lipinski definition) is 4. The fourth-order valence-electron chi connectivity index (χ4n) is 6.01. The third-order valence-corrected chi connectivity index (χ3v) is 10.7. The van der Waals surface area contributed by atoms with E-state index in [-0.39, 0.29) is 60.7 Å². The number of amides is 4. The lowest BCUT2D eigenvalue weighted by Gasteiger charge is -2.34. The van der Waals surface area contributed by atoms with E-state index < -0.39 is 52.0 Å². The average molecular weight is 728 g/mol. The molecule has 0 aromatic heterocycles. The van der Waals surface area contributed by atoms with E-state index in [9.17, 15) is 33.0 Å². The highest BCUT2D eigenvalue weighted by Crippen LogP contribution is 2.26. The molecule has 1 fully saturated rings. The summed E-state index contributed by atoms with van der Waals surface area (Å²) in [5.74, 6) is -1.59. The van der Waals surface area contributed by atoms with Gasteiger partial charge in [-0.2, -0.15) is 4.31 Å². The minimum Gasteiger partial charge on any atom is -0.397 e. The van der Waals surface area contributed by atoms with E-state index in [2.05, 4.69) is 5.32 Å². The van der Waals surface area contributed by atoms with Crippen LogP contribution in [0, 0.1) is 11.8 Å². The summed E-state index contributed by atoms with van der Waals surface area (Å²) in [6, 6.07) is 17.4. The monoisotopic (exact) mass is 727 g/mol. The second-order valence-electron chi connectivity index (χ2n) is 13.3. The molecule has 3 aromatic rings. The lowest BCUT2D eigenvalue weighted by atomic mass is 9.97. The number of carbonyl (C=O) groups is 3. The predicted octanol–water partition coefficient (Wildman–Crippen LogP) is 3.64. The van der Waals surface area contributed by atoms with Crippen molar-refractivity contribution in [3.8, 4) is 0 Å². The summed E-state index contributed by atoms with van der Waals surface area (Å²) in [5, 5.41) is 24.3. The van der Waals surface area contributed by atoms with Gasteiger partial charge in [0, 0.05) is 13.1 Å². The number of imide groups is 1. The van der Waals surface area contributed by atoms with Gasteiger partial charge in [0.2, 0.25) is 15.9 Å². The summed E-state index contributed by atoms with van der Waals surface area (Å²) in [6.07, 6.45) is -1.22. The van der Waals surface area contributed by atoms with Crippen molar-refractivity contribution >= 4 is 45.2 Å². The maximum absolute atomic E-state index is 14.1. The minimum absolute atomic E-state index is 0.0246. The van der Waals surface area contributed by atoms with Crippen LogP contribution in [0.2, 0.25) is 5.02 Å². The molecular formula is C36H46ClN5O7S. The van der Waals surface area contributed by atoms with Crippen LogP contribution in [0.25, 0.3) is 0 Å². The fourth-order valence-corrected chi connectivity index (χ4v) is 7.79. The van der Waals surface area contributed by atoms with E-state index in [0.717, 1.165) is 10.5 Å². The molecule has 4 rings (SSSR count). The second kappa shape index (κ2) is 16.8. The normalized spacial score (nSPS) is 15.6. The summed E-state index contributed by atoms with van der Waals surface area (Å²) < 4.78 is 28.9. The van der Waals surface area contributed by atoms with Crippen molar-refractivity contribution in [2.45, 2.75) is 70.4 Å². The highest BCUT2D eigenvalue weighted by molar-refractivity contribution is 7.89. The number of carbonyl (C=O) groups excluding carboxylic acids is 3. The SMILES string of the molecule is CC(C)CN(C[C@@H](O)[C@H](Cc1ccccc1)NC(=O)[C@H](C(C)C)N1CC(=O)N(Cc2cccc(CO)c2)C1=O)S(=O)(=O)c1ccc(Cl)c(N)c1. The first-order chi connectivity index (χ1) is 23.6. The molecule has 0 saturated carbocycles. The molecule has 1 heterocycles. The van der Waals surface area contributed by atoms with Crippen molar-refractivity contribution < 1.29 is 33.0 Å². The Morgan fingerprint density at radius 1 is 0.960 bits per heavy atom. The quantitative estimate of drug-likeness (QED) is 0.128. The number of rotatable bonds is 16. The zero-order valence-electron chi connectivity index (χ0n) is 28.7. The van der Waals surface area contributed by atoms with Gasteiger partial charge in [-0.3, -0.25) is 14.5 Å². The lowest BCUT2D eigenvalue weighted by molar-refractivity contribution is -0.129. The van der Waals surface area contributed by atoms with Crippen LogP contribution in [-0.4, -0.2) is 88.4 Å². The molecule has 0 unspecified atom stereocenters. The van der Waals surface area contributed by atoms with Gasteiger partial charge in [-0.1, -0.05) is 93.9 Å². The molecule has 0 spiro atoms. The van der Waals surface area contributed by atoms with Crippen LogP contribution in [0.3, 0.4) is 0 Å². The summed E-state index contributed by atoms with van der Waals surface area (Å²) in [6.45, 7) is 6.41. The summed E-state index contributed by atoms with van der Waals surface area (Å²) in [7, 11) is -4.15. The molecule has 3 atom stereocenters. The van der Waals surface area contributed by atoms with Crippen LogP contribution in [-0.2, 0) is 39.2 Å². The summed E-state index contributed by atoms with van der Waals surface area (Å²) in [4.78, 5) is 43.1. The van der Waals surface area contributed by atoms with Gasteiger partial charge in [-0.15, -0.1) is 0 Å². The maximum atomic E-state index is 14.1. The zero-order chi connectivity index (χ0) is 36.7. The number of nitrogen functional groups attached to an aromatic ring is 1. The van der Waals surface area contributed by atoms with E-state index >= 15 is 0 Å². The standard InChI is InChI=1S/C36H46ClN5O7S/c1-23(2)18-40(50(48,49)28-13-14-29(37)30(38)17-28)20-32(44)31(16-25-9-6-5-7-10-25)39-35(46)34(24(3)4)42-21-33(45)41(36(42)47)19-26-11-8-12-27(15-26)22-43/h5-15,17,23-24,31-32,34,43-44H,16,18-22,38H2,1-4H3,(H,39,46)/t31-,32+,34-/m0/s1. The molecule has 0 bridgehead atoms. The topological polar surface area (TPSA) is 174 Å². The molecule has 50 heavy (non-hydrogen) atoms. The lowest BCUT2D eigenvalue weighted by Crippen LogP contribution is -2.57. The Kier molecular flexibility index (Phi) is 13.0. The number of aliphatic hydroxyl groups is 2. The van der Waals surface area contributed by atoms with E-state index in [1.54, 1.807) is 38.1 Å². The fraction of sp³-hybridized carbons (Fsp3) is 0.417. The maximum Gasteiger partial charge on any atom is 0.328 e. The minimum atomic E-state index is -4.15. The van der Waals surface area contributed by atoms with Gasteiger partial charge < -0.3 is 26.2 Å². The molecule has 5 N–H and O–H groups in total. The first-order valence-corrected chi connectivity index (χ1v) is 18.3. The van der Waals surface area contributed by atoms with Crippen molar-refractivity contribution in [2.75, 3.05) is 25.4 Å². The molecule has 1 aliphatic rings. The third kappa shape index (κ3) is 9.40. The highest BCUT2D eigenvalue weighted by atomic mass is 35.5. The molecule has 0 radical (unpaired) electrons. The molecule has 1 saturated heterocycles. The number of anilines is 1. The smallest absolute Gasteiger partial charge is 0.328 e. The number of nitrogens with two attached hydrogens (primary N) is 1. The van der Waals surface area contributed by atoms with Crippen LogP contribution in [0.15, 0.2) is 77.7 Å². The van der Waals surface area contributed by atoms with Gasteiger partial charge >= 0.3 is 6.03 Å². The number of hydrogen-bond acceptors (Lipinski definition) is 8. The van der Waals surface area contributed by atoms with Crippen LogP contribution < -0.4 is 11.1 Å². The average Bonchev–Trinajstić information content (AvgIpc) is 3.33. The van der Waals surface area contributed by atoms with E-state index in [1.807, 2.05) is 44.2 Å². The highest BCUT2D eigenvalue weighted by Gasteiger charge is 2.44. The van der Waals surface area contributed by atoms with Gasteiger partial charge in [0.15, 0.2) is 0 Å². The summed E-state index contributed by atoms with van der Waals surface area (Å²) >= 11 is 6.05. The Morgan fingerprint density at radius 3 is 2.24 bits per heavy atom. The van der Waals surface area contributed by atoms with Gasteiger partial charge in [0.25, 0.3) is 5.91 Å². The Bertz CT molecular complexity index is 1770. The molecular weight excluding hydrogens is 682 g/mol. The van der Waals surface area contributed by atoms with Gasteiger partial charge in [-0.05, 0) is 53.1 Å². The van der Waals surface area contributed by atoms with Crippen molar-refractivity contribution in [1.82, 2.24) is 19.4 Å². The van der Waals surface area contributed by atoms with Gasteiger partial charge in [0.05, 0.1) is 40.9 Å². The molecule has 14 heteroatoms. The molecule has 3 aromatic carbocycles. The van der Waals surface area contributed by atoms with Crippen molar-refractivity contribution in [3.05, 3.63) is 94.5 Å². The molecule has 12 nitrogen and oxygen atoms in total. The predicted molar refractivity (Wildman–Crippen MR) is 191 cm³/mol. The molecule has 4 amide bonds. The van der Waals surface area contributed by atoms with Gasteiger partial charge in [-0.25, -0.2) is 13.2 Å². The first kappa shape index (κ1) is 38.8. The Hall–Kier alpha value is -4.01. The molecule has 1 aliphatic heterocycles. The van der Waals surface area contributed by atoms with Crippen molar-refractivity contribution in [3.63, 3.8) is 0 Å². The number of urea groups is 1. The zero-order valence-corrected chi connectivity index (χ0v) is 30.3. The number of nitrogens with one attached hydrogen (secondary N) is 1. The van der Waals surface area contributed by atoms with Crippen LogP contribution >= 0.6 is 11.6 Å². The third-order valence-electron chi connectivity index (χ3n) is 8.49. The number of aliphatic hydroxyl groups excluding tert-OH is 2. The Labute approximate surface area is 298 Å².